The summed E-state index contributed by atoms with van der Waals surface area (Å²) in [7, 11) is 0. The monoisotopic (exact) mass is 946 g/mol. The third kappa shape index (κ3) is 5.05. The summed E-state index contributed by atoms with van der Waals surface area (Å²) < 4.78 is 14.7. The van der Waals surface area contributed by atoms with Gasteiger partial charge in [-0.1, -0.05) is 80.0 Å². The van der Waals surface area contributed by atoms with Gasteiger partial charge in [-0.05, 0) is 186 Å². The van der Waals surface area contributed by atoms with Crippen LogP contribution in [0.25, 0.3) is 0 Å². The average molecular weight is 946 g/mol. The van der Waals surface area contributed by atoms with Crippen LogP contribution in [0.1, 0.15) is 183 Å². The van der Waals surface area contributed by atoms with Crippen LogP contribution in [0.2, 0.25) is 0 Å². The van der Waals surface area contributed by atoms with Gasteiger partial charge in [-0.25, -0.2) is 4.79 Å². The zero-order chi connectivity index (χ0) is 46.7. The Morgan fingerprint density at radius 2 is 1.69 bits per heavy atom. The number of piperidine rings is 2. The van der Waals surface area contributed by atoms with E-state index in [1.165, 1.54) is 115 Å². The second kappa shape index (κ2) is 14.7. The van der Waals surface area contributed by atoms with Crippen molar-refractivity contribution in [1.82, 2.24) is 9.80 Å². The first-order chi connectivity index (χ1) is 34.1. The van der Waals surface area contributed by atoms with Gasteiger partial charge >= 0.3 is 11.9 Å². The second-order valence-electron chi connectivity index (χ2n) is 27.3. The molecule has 9 heterocycles. The molecule has 1 aromatic rings. The van der Waals surface area contributed by atoms with E-state index in [1.807, 2.05) is 0 Å². The normalized spacial score (nSPS) is 47.7. The summed E-state index contributed by atoms with van der Waals surface area (Å²) in [5.74, 6) is 3.80. The standard InChI is InChI=1S/C62H79N3O5/c1-35-25-40-15-16-47-43-26-36-32-64(34-43)48(41-12-7-21-58(30-41)19-4-5-20-58)29-49(66)55-60-23-18-44-52-45-31-59(35,53(44)54(40)65(47)33-36)22-17-39(45)27-42(37-9-2-3-10-37)28-50(61(52,60)57(68)69-55)62(60)46-14-6-11-38(13-8-24-63)51(46)56(67)70-62/h6,11,14,27,35-37,41-43,45,47-48,50,53,66H,2-5,7-10,12-13,15-26,28-34,63H2,1H3/b39-27?,55-49+/t35-,36-,41-,42-,43+,45-,47-,48+,50+,53-,59-,60-,61-,62-/m1/s1. The van der Waals surface area contributed by atoms with Crippen LogP contribution in [0.4, 0.5) is 0 Å². The molecule has 1 unspecified atom stereocenters. The predicted molar refractivity (Wildman–Crippen MR) is 268 cm³/mol. The second-order valence-corrected chi connectivity index (χ2v) is 27.3. The molecule has 9 aliphatic carbocycles. The summed E-state index contributed by atoms with van der Waals surface area (Å²) >= 11 is 0. The molecular weight excluding hydrogens is 867 g/mol. The fourth-order valence-electron chi connectivity index (χ4n) is 22.9. The molecule has 3 N–H and O–H groups in total. The number of esters is 2. The molecule has 8 nitrogen and oxygen atoms in total. The molecule has 0 radical (unpaired) electrons. The lowest BCUT2D eigenvalue weighted by Crippen LogP contribution is -2.78. The fraction of sp³-hybridized carbons (Fsp3) is 0.742. The molecular formula is C62H79N3O5. The largest absolute Gasteiger partial charge is 0.509 e. The maximum atomic E-state index is 16.6. The van der Waals surface area contributed by atoms with E-state index in [0.717, 1.165) is 62.9 Å². The number of fused-ring (bicyclic) bond motifs is 3. The van der Waals surface area contributed by atoms with Gasteiger partial charge in [-0.15, -0.1) is 0 Å². The van der Waals surface area contributed by atoms with E-state index in [1.54, 1.807) is 22.4 Å². The smallest absolute Gasteiger partial charge is 0.339 e. The van der Waals surface area contributed by atoms with Crippen molar-refractivity contribution < 1.29 is 24.2 Å². The number of carbonyl (C=O) groups excluding carboxylic acids is 2. The van der Waals surface area contributed by atoms with E-state index in [-0.39, 0.29) is 35.2 Å². The maximum absolute atomic E-state index is 16.6. The highest BCUT2D eigenvalue weighted by atomic mass is 16.6. The van der Waals surface area contributed by atoms with Crippen LogP contribution in [0.5, 0.6) is 0 Å². The van der Waals surface area contributed by atoms with Crippen molar-refractivity contribution in [1.29, 1.82) is 0 Å². The quantitative estimate of drug-likeness (QED) is 0.222. The van der Waals surface area contributed by atoms with Gasteiger partial charge < -0.3 is 25.2 Å². The summed E-state index contributed by atoms with van der Waals surface area (Å²) in [4.78, 5) is 37.9. The molecule has 0 amide bonds. The minimum Gasteiger partial charge on any atom is -0.509 e. The lowest BCUT2D eigenvalue weighted by Gasteiger charge is -2.74. The number of carbonyl (C=O) groups is 2. The molecule has 3 saturated heterocycles. The highest BCUT2D eigenvalue weighted by Crippen LogP contribution is 2.89. The molecule has 14 bridgehead atoms. The molecule has 372 valence electrons. The van der Waals surface area contributed by atoms with Gasteiger partial charge in [-0.3, -0.25) is 9.69 Å². The van der Waals surface area contributed by atoms with Gasteiger partial charge in [0, 0.05) is 67.2 Å². The molecule has 1 aromatic carbocycles. The van der Waals surface area contributed by atoms with E-state index in [9.17, 15) is 5.11 Å². The van der Waals surface area contributed by atoms with Crippen molar-refractivity contribution in [3.63, 3.8) is 0 Å². The number of ether oxygens (including phenoxy) is 2. The molecule has 15 atom stereocenters. The maximum Gasteiger partial charge on any atom is 0.339 e. The molecule has 8 fully saturated rings. The molecule has 9 aliphatic heterocycles. The Kier molecular flexibility index (Phi) is 9.04. The number of aliphatic hydroxyl groups excluding tert-OH is 1. The Balaban J connectivity index is 0.987. The summed E-state index contributed by atoms with van der Waals surface area (Å²) in [6, 6.07) is 7.22. The first-order valence-corrected chi connectivity index (χ1v) is 29.5. The highest BCUT2D eigenvalue weighted by molar-refractivity contribution is 6.00. The van der Waals surface area contributed by atoms with Crippen LogP contribution in [-0.4, -0.2) is 65.1 Å². The fourth-order valence-corrected chi connectivity index (χ4v) is 22.9. The first kappa shape index (κ1) is 43.1. The number of nitrogens with two attached hydrogens (primary N) is 1. The minimum absolute atomic E-state index is 0.127. The van der Waals surface area contributed by atoms with E-state index in [0.29, 0.717) is 95.8 Å². The van der Waals surface area contributed by atoms with Crippen LogP contribution in [0.3, 0.4) is 0 Å². The van der Waals surface area contributed by atoms with Crippen LogP contribution >= 0.6 is 0 Å². The summed E-state index contributed by atoms with van der Waals surface area (Å²) in [6.07, 6.45) is 31.1. The van der Waals surface area contributed by atoms with Crippen LogP contribution in [0.15, 0.2) is 63.8 Å². The van der Waals surface area contributed by atoms with Gasteiger partial charge in [0.25, 0.3) is 0 Å². The van der Waals surface area contributed by atoms with Crippen LogP contribution in [0, 0.1) is 74.9 Å². The van der Waals surface area contributed by atoms with Crippen molar-refractivity contribution in [2.45, 2.75) is 185 Å². The minimum atomic E-state index is -1.12. The number of hydrogen-bond acceptors (Lipinski definition) is 8. The lowest BCUT2D eigenvalue weighted by atomic mass is 9.26. The SMILES string of the molecule is C[C@@H]1CC2=C3[C@H]4C5=C6[C@@H]7C[C@@]41CCC7=C[C@@H](C1CCCC1)C[C@H]1[C@]64C(=O)O/C(=C(/O)C[C@@H]([C@@H]6CCCC7(CCCC7)C6)N6C[C@H]7C[C@@H](C6)[C@@H](CC2)N3C7)[C@@]4(CC5)[C@]12OC(=O)c1c(CCCN)cccc12. The number of aryl methyl sites for hydroxylation is 1. The third-order valence-electron chi connectivity index (χ3n) is 25.1. The third-order valence-corrected chi connectivity index (χ3v) is 25.1. The van der Waals surface area contributed by atoms with Gasteiger partial charge in [0.1, 0.15) is 11.2 Å². The molecule has 8 heteroatoms. The van der Waals surface area contributed by atoms with Gasteiger partial charge in [0.05, 0.1) is 11.0 Å². The van der Waals surface area contributed by atoms with E-state index in [4.69, 9.17) is 15.2 Å². The number of allylic oxidation sites excluding steroid dienone is 4. The number of nitrogens with zero attached hydrogens (tertiary/aromatic N) is 2. The summed E-state index contributed by atoms with van der Waals surface area (Å²) in [5, 5.41) is 13.8. The summed E-state index contributed by atoms with van der Waals surface area (Å²) in [5.41, 5.74) is 14.3. The number of rotatable bonds is 5. The lowest BCUT2D eigenvalue weighted by molar-refractivity contribution is -0.283. The first-order valence-electron chi connectivity index (χ1n) is 29.5. The topological polar surface area (TPSA) is 105 Å². The van der Waals surface area contributed by atoms with Crippen molar-refractivity contribution in [3.05, 3.63) is 80.5 Å². The van der Waals surface area contributed by atoms with Gasteiger partial charge in [0.2, 0.25) is 0 Å². The van der Waals surface area contributed by atoms with Crippen LogP contribution in [-0.2, 0) is 26.3 Å². The Morgan fingerprint density at radius 3 is 2.54 bits per heavy atom. The van der Waals surface area contributed by atoms with Crippen molar-refractivity contribution >= 4 is 11.9 Å². The zero-order valence-corrected chi connectivity index (χ0v) is 42.2. The highest BCUT2D eigenvalue weighted by Gasteiger charge is 2.94. The Labute approximate surface area is 416 Å². The molecule has 5 saturated carbocycles. The number of hydrogen-bond donors (Lipinski definition) is 2. The van der Waals surface area contributed by atoms with Crippen molar-refractivity contribution in [2.24, 2.45) is 80.7 Å². The molecule has 70 heavy (non-hydrogen) atoms. The molecule has 19 rings (SSSR count). The number of benzene rings is 1. The Bertz CT molecular complexity index is 2630. The molecule has 18 aliphatic rings. The Hall–Kier alpha value is -3.36. The van der Waals surface area contributed by atoms with E-state index in [2.05, 4.69) is 41.0 Å². The molecule has 5 spiro atoms. The van der Waals surface area contributed by atoms with Crippen LogP contribution < -0.4 is 5.73 Å². The van der Waals surface area contributed by atoms with E-state index < -0.39 is 16.4 Å². The number of aliphatic hydroxyl groups is 1. The van der Waals surface area contributed by atoms with Gasteiger partial charge in [-0.2, -0.15) is 0 Å². The van der Waals surface area contributed by atoms with E-state index >= 15 is 9.59 Å². The van der Waals surface area contributed by atoms with Gasteiger partial charge in [0.15, 0.2) is 11.4 Å². The Morgan fingerprint density at radius 1 is 0.843 bits per heavy atom. The predicted octanol–water partition coefficient (Wildman–Crippen LogP) is 11.7. The summed E-state index contributed by atoms with van der Waals surface area (Å²) in [6.45, 7) is 6.54. The van der Waals surface area contributed by atoms with Crippen molar-refractivity contribution in [2.75, 3.05) is 26.2 Å². The zero-order valence-electron chi connectivity index (χ0n) is 42.2. The van der Waals surface area contributed by atoms with Crippen molar-refractivity contribution in [3.8, 4) is 0 Å². The average Bonchev–Trinajstić information content (AvgIpc) is 4.17. The molecule has 0 aromatic heterocycles.